The van der Waals surface area contributed by atoms with Crippen molar-refractivity contribution >= 4 is 17.5 Å². The van der Waals surface area contributed by atoms with Gasteiger partial charge in [0.1, 0.15) is 0 Å². The summed E-state index contributed by atoms with van der Waals surface area (Å²) < 4.78 is 0. The Kier molecular flexibility index (Phi) is 4.46. The number of amides is 2. The summed E-state index contributed by atoms with van der Waals surface area (Å²) in [6.07, 6.45) is 2.89. The topological polar surface area (TPSA) is 82.3 Å². The van der Waals surface area contributed by atoms with Gasteiger partial charge < -0.3 is 15.2 Å². The van der Waals surface area contributed by atoms with Crippen LogP contribution in [-0.4, -0.2) is 23.3 Å². The summed E-state index contributed by atoms with van der Waals surface area (Å²) in [6, 6.07) is 10.3. The van der Waals surface area contributed by atoms with Gasteiger partial charge in [0.15, 0.2) is 0 Å². The number of anilines is 1. The highest BCUT2D eigenvalue weighted by Gasteiger charge is 2.21. The van der Waals surface area contributed by atoms with Gasteiger partial charge in [0.05, 0.1) is 11.6 Å². The summed E-state index contributed by atoms with van der Waals surface area (Å²) >= 11 is 0. The first kappa shape index (κ1) is 16.0. The van der Waals surface area contributed by atoms with E-state index in [4.69, 9.17) is 0 Å². The number of aromatic amines is 1. The lowest BCUT2D eigenvalue weighted by Crippen LogP contribution is -2.27. The van der Waals surface area contributed by atoms with Crippen LogP contribution in [0.4, 0.5) is 5.69 Å². The Morgan fingerprint density at radius 1 is 1.17 bits per heavy atom. The maximum Gasteiger partial charge on any atom is 0.253 e. The molecule has 2 amide bonds. The number of carbonyl (C=O) groups excluding carboxylic acids is 2. The third-order valence-corrected chi connectivity index (χ3v) is 4.17. The summed E-state index contributed by atoms with van der Waals surface area (Å²) in [5.74, 6) is -0.0975. The van der Waals surface area contributed by atoms with Crippen molar-refractivity contribution in [2.45, 2.75) is 25.8 Å². The number of carbonyl (C=O) groups is 2. The van der Waals surface area contributed by atoms with E-state index in [0.717, 1.165) is 24.2 Å². The first-order valence-corrected chi connectivity index (χ1v) is 7.94. The molecule has 1 aromatic heterocycles. The van der Waals surface area contributed by atoms with Crippen molar-refractivity contribution in [2.24, 2.45) is 0 Å². The van der Waals surface area contributed by atoms with Crippen LogP contribution >= 0.6 is 0 Å². The van der Waals surface area contributed by atoms with E-state index in [2.05, 4.69) is 10.3 Å². The second kappa shape index (κ2) is 6.70. The van der Waals surface area contributed by atoms with E-state index in [9.17, 15) is 14.4 Å². The van der Waals surface area contributed by atoms with Gasteiger partial charge >= 0.3 is 0 Å². The molecule has 1 aliphatic rings. The Bertz CT molecular complexity index is 791. The van der Waals surface area contributed by atoms with Crippen LogP contribution in [0.5, 0.6) is 0 Å². The minimum Gasteiger partial charge on any atom is -0.345 e. The van der Waals surface area contributed by atoms with Crippen LogP contribution in [0.25, 0.3) is 0 Å². The molecule has 1 saturated heterocycles. The molecule has 1 aromatic carbocycles. The lowest BCUT2D eigenvalue weighted by atomic mass is 10.1. The summed E-state index contributed by atoms with van der Waals surface area (Å²) in [4.78, 5) is 39.2. The number of nitrogens with zero attached hydrogens (tertiary/aromatic N) is 1. The highest BCUT2D eigenvalue weighted by Crippen LogP contribution is 2.23. The first-order chi connectivity index (χ1) is 11.5. The Balaban J connectivity index is 1.67. The average Bonchev–Trinajstić information content (AvgIpc) is 3.01. The van der Waals surface area contributed by atoms with E-state index in [1.807, 2.05) is 31.2 Å². The van der Waals surface area contributed by atoms with Crippen LogP contribution in [0.2, 0.25) is 0 Å². The fraction of sp³-hybridized carbons (Fsp3) is 0.278. The summed E-state index contributed by atoms with van der Waals surface area (Å²) in [5, 5.41) is 2.89. The number of hydrogen-bond acceptors (Lipinski definition) is 3. The Hall–Kier alpha value is -2.89. The molecule has 1 fully saturated rings. The minimum atomic E-state index is -0.252. The van der Waals surface area contributed by atoms with Crippen LogP contribution in [-0.2, 0) is 4.79 Å². The maximum absolute atomic E-state index is 12.2. The average molecular weight is 325 g/mol. The molecule has 0 saturated carbocycles. The largest absolute Gasteiger partial charge is 0.345 e. The van der Waals surface area contributed by atoms with E-state index in [-0.39, 0.29) is 23.4 Å². The Labute approximate surface area is 139 Å². The number of rotatable bonds is 4. The normalized spacial score (nSPS) is 15.4. The van der Waals surface area contributed by atoms with Gasteiger partial charge in [-0.2, -0.15) is 0 Å². The number of H-pyrrole nitrogens is 1. The van der Waals surface area contributed by atoms with Crippen molar-refractivity contribution in [2.75, 3.05) is 11.4 Å². The molecule has 0 aliphatic carbocycles. The second-order valence-electron chi connectivity index (χ2n) is 5.88. The number of aromatic nitrogens is 1. The third-order valence-electron chi connectivity index (χ3n) is 4.17. The second-order valence-corrected chi connectivity index (χ2v) is 5.88. The summed E-state index contributed by atoms with van der Waals surface area (Å²) in [7, 11) is 0. The highest BCUT2D eigenvalue weighted by molar-refractivity contribution is 5.95. The molecular weight excluding hydrogens is 306 g/mol. The molecule has 0 radical (unpaired) electrons. The van der Waals surface area contributed by atoms with Gasteiger partial charge in [0.25, 0.3) is 5.91 Å². The van der Waals surface area contributed by atoms with E-state index in [1.54, 1.807) is 4.90 Å². The highest BCUT2D eigenvalue weighted by atomic mass is 16.2. The van der Waals surface area contributed by atoms with Gasteiger partial charge in [0, 0.05) is 30.9 Å². The third kappa shape index (κ3) is 3.37. The van der Waals surface area contributed by atoms with Gasteiger partial charge in [-0.1, -0.05) is 12.1 Å². The summed E-state index contributed by atoms with van der Waals surface area (Å²) in [5.41, 5.74) is 2.00. The molecule has 1 atom stereocenters. The molecule has 124 valence electrons. The van der Waals surface area contributed by atoms with Crippen LogP contribution in [0.1, 0.15) is 41.7 Å². The zero-order chi connectivity index (χ0) is 17.1. The van der Waals surface area contributed by atoms with Gasteiger partial charge in [-0.15, -0.1) is 0 Å². The molecule has 1 aliphatic heterocycles. The molecule has 24 heavy (non-hydrogen) atoms. The molecular formula is C18H19N3O3. The minimum absolute atomic E-state index is 0.155. The SMILES string of the molecule is C[C@@H](NC(=O)c1ccc(=O)[nH]c1)c1ccc(N2CCCC2=O)cc1. The van der Waals surface area contributed by atoms with Crippen LogP contribution in [0.3, 0.4) is 0 Å². The summed E-state index contributed by atoms with van der Waals surface area (Å²) in [6.45, 7) is 2.65. The first-order valence-electron chi connectivity index (χ1n) is 7.94. The fourth-order valence-electron chi connectivity index (χ4n) is 2.78. The molecule has 6 nitrogen and oxygen atoms in total. The van der Waals surface area contributed by atoms with E-state index in [0.29, 0.717) is 12.0 Å². The van der Waals surface area contributed by atoms with Crippen molar-refractivity contribution < 1.29 is 9.59 Å². The molecule has 2 aromatic rings. The van der Waals surface area contributed by atoms with E-state index < -0.39 is 0 Å². The number of benzene rings is 1. The van der Waals surface area contributed by atoms with Crippen LogP contribution < -0.4 is 15.8 Å². The van der Waals surface area contributed by atoms with Crippen LogP contribution in [0.15, 0.2) is 47.4 Å². The van der Waals surface area contributed by atoms with Gasteiger partial charge in [-0.05, 0) is 37.1 Å². The van der Waals surface area contributed by atoms with Crippen molar-refractivity contribution in [1.29, 1.82) is 0 Å². The lowest BCUT2D eigenvalue weighted by molar-refractivity contribution is -0.117. The van der Waals surface area contributed by atoms with E-state index >= 15 is 0 Å². The Morgan fingerprint density at radius 2 is 1.92 bits per heavy atom. The quantitative estimate of drug-likeness (QED) is 0.902. The fourth-order valence-corrected chi connectivity index (χ4v) is 2.78. The zero-order valence-corrected chi connectivity index (χ0v) is 13.4. The lowest BCUT2D eigenvalue weighted by Gasteiger charge is -2.18. The molecule has 0 spiro atoms. The molecule has 0 bridgehead atoms. The molecule has 0 unspecified atom stereocenters. The molecule has 2 N–H and O–H groups in total. The van der Waals surface area contributed by atoms with E-state index in [1.165, 1.54) is 18.3 Å². The molecule has 6 heteroatoms. The van der Waals surface area contributed by atoms with Gasteiger partial charge in [0.2, 0.25) is 11.5 Å². The predicted octanol–water partition coefficient (Wildman–Crippen LogP) is 1.99. The van der Waals surface area contributed by atoms with Crippen molar-refractivity contribution in [3.63, 3.8) is 0 Å². The monoisotopic (exact) mass is 325 g/mol. The number of nitrogens with one attached hydrogen (secondary N) is 2. The molecule has 2 heterocycles. The van der Waals surface area contributed by atoms with Crippen molar-refractivity contribution in [3.8, 4) is 0 Å². The smallest absolute Gasteiger partial charge is 0.253 e. The van der Waals surface area contributed by atoms with Gasteiger partial charge in [-0.25, -0.2) is 0 Å². The Morgan fingerprint density at radius 3 is 2.50 bits per heavy atom. The maximum atomic E-state index is 12.2. The molecule has 3 rings (SSSR count). The van der Waals surface area contributed by atoms with Gasteiger partial charge in [-0.3, -0.25) is 14.4 Å². The predicted molar refractivity (Wildman–Crippen MR) is 91.0 cm³/mol. The standard InChI is InChI=1S/C18H19N3O3/c1-12(20-18(24)14-6-9-16(22)19-11-14)13-4-7-15(8-5-13)21-10-2-3-17(21)23/h4-9,11-12H,2-3,10H2,1H3,(H,19,22)(H,20,24)/t12-/m1/s1. The number of pyridine rings is 1. The zero-order valence-electron chi connectivity index (χ0n) is 13.4. The van der Waals surface area contributed by atoms with Crippen molar-refractivity contribution in [3.05, 3.63) is 64.1 Å². The van der Waals surface area contributed by atoms with Crippen molar-refractivity contribution in [1.82, 2.24) is 10.3 Å². The van der Waals surface area contributed by atoms with Crippen LogP contribution in [0, 0.1) is 0 Å². The number of hydrogen-bond donors (Lipinski definition) is 2.